The van der Waals surface area contributed by atoms with Crippen LogP contribution in [-0.2, 0) is 4.79 Å². The van der Waals surface area contributed by atoms with Crippen molar-refractivity contribution in [2.24, 2.45) is 5.41 Å². The molecule has 0 saturated heterocycles. The molecule has 2 N–H and O–H groups in total. The molecule has 0 bridgehead atoms. The molecule has 26 heavy (non-hydrogen) atoms. The number of halogens is 2. The number of carbonyl (C=O) groups excluding carboxylic acids is 2. The maximum Gasteiger partial charge on any atom is 0.231 e. The molecular weight excluding hydrogens is 371 g/mol. The lowest BCUT2D eigenvalue weighted by Gasteiger charge is -2.20. The summed E-state index contributed by atoms with van der Waals surface area (Å²) >= 11 is 12.0. The molecule has 0 unspecified atom stereocenters. The Bertz CT molecular complexity index is 978. The van der Waals surface area contributed by atoms with Gasteiger partial charge in [0.1, 0.15) is 5.69 Å². The van der Waals surface area contributed by atoms with Gasteiger partial charge < -0.3 is 10.3 Å². The Balaban J connectivity index is 2.13. The highest BCUT2D eigenvalue weighted by Gasteiger charge is 2.29. The molecule has 0 spiro atoms. The first-order chi connectivity index (χ1) is 12.3. The molecule has 1 heterocycles. The van der Waals surface area contributed by atoms with E-state index in [1.807, 2.05) is 6.07 Å². The van der Waals surface area contributed by atoms with E-state index in [0.29, 0.717) is 32.9 Å². The molecular formula is C20H18Cl2N2O2. The van der Waals surface area contributed by atoms with Crippen molar-refractivity contribution in [2.75, 3.05) is 11.2 Å². The van der Waals surface area contributed by atoms with Crippen LogP contribution in [-0.4, -0.2) is 22.6 Å². The van der Waals surface area contributed by atoms with Gasteiger partial charge in [-0.1, -0.05) is 41.9 Å². The number of carbonyl (C=O) groups is 2. The zero-order valence-corrected chi connectivity index (χ0v) is 15.9. The second kappa shape index (κ2) is 7.14. The molecule has 0 atom stereocenters. The minimum Gasteiger partial charge on any atom is -0.350 e. The third-order valence-corrected chi connectivity index (χ3v) is 5.11. The first-order valence-electron chi connectivity index (χ1n) is 8.12. The van der Waals surface area contributed by atoms with Gasteiger partial charge >= 0.3 is 0 Å². The van der Waals surface area contributed by atoms with Gasteiger partial charge in [-0.15, -0.1) is 11.6 Å². The fraction of sp³-hybridized carbons (Fsp3) is 0.200. The van der Waals surface area contributed by atoms with E-state index in [9.17, 15) is 9.59 Å². The maximum absolute atomic E-state index is 13.0. The van der Waals surface area contributed by atoms with Gasteiger partial charge in [-0.05, 0) is 32.0 Å². The number of amides is 1. The molecule has 1 amide bonds. The molecule has 134 valence electrons. The van der Waals surface area contributed by atoms with Crippen molar-refractivity contribution in [2.45, 2.75) is 13.8 Å². The van der Waals surface area contributed by atoms with Gasteiger partial charge in [-0.3, -0.25) is 9.59 Å². The molecule has 2 aromatic carbocycles. The summed E-state index contributed by atoms with van der Waals surface area (Å²) in [6.45, 7) is 3.50. The zero-order valence-electron chi connectivity index (χ0n) is 14.4. The fourth-order valence-electron chi connectivity index (χ4n) is 2.55. The molecule has 1 aromatic heterocycles. The van der Waals surface area contributed by atoms with Crippen molar-refractivity contribution < 1.29 is 9.59 Å². The molecule has 3 aromatic rings. The summed E-state index contributed by atoms with van der Waals surface area (Å²) in [5.74, 6) is -0.308. The number of hydrogen-bond donors (Lipinski definition) is 2. The van der Waals surface area contributed by atoms with Crippen LogP contribution in [0.3, 0.4) is 0 Å². The number of aromatic amines is 1. The molecule has 0 saturated carbocycles. The highest BCUT2D eigenvalue weighted by molar-refractivity contribution is 6.31. The number of fused-ring (bicyclic) bond motifs is 1. The van der Waals surface area contributed by atoms with Crippen LogP contribution in [0.4, 0.5) is 5.69 Å². The monoisotopic (exact) mass is 388 g/mol. The number of ketones is 1. The van der Waals surface area contributed by atoms with Gasteiger partial charge in [0.2, 0.25) is 11.7 Å². The molecule has 3 rings (SSSR count). The van der Waals surface area contributed by atoms with E-state index in [0.717, 1.165) is 0 Å². The Morgan fingerprint density at radius 1 is 1.12 bits per heavy atom. The van der Waals surface area contributed by atoms with E-state index >= 15 is 0 Å². The molecule has 0 aliphatic rings. The van der Waals surface area contributed by atoms with Gasteiger partial charge in [-0.25, -0.2) is 0 Å². The molecule has 0 aliphatic carbocycles. The van der Waals surface area contributed by atoms with Crippen molar-refractivity contribution in [3.05, 3.63) is 64.8 Å². The van der Waals surface area contributed by atoms with E-state index in [4.69, 9.17) is 23.2 Å². The van der Waals surface area contributed by atoms with Crippen LogP contribution in [0, 0.1) is 5.41 Å². The standard InChI is InChI=1S/C20H18Cl2N2O2/c1-20(2,11-21)19(26)24-16-14-9-8-13(22)10-15(14)23-17(16)18(25)12-6-4-3-5-7-12/h3-10,23H,11H2,1-2H3,(H,24,26). The second-order valence-electron chi connectivity index (χ2n) is 6.73. The lowest BCUT2D eigenvalue weighted by Crippen LogP contribution is -2.32. The number of alkyl halides is 1. The average molecular weight is 389 g/mol. The first kappa shape index (κ1) is 18.5. The third kappa shape index (κ3) is 3.48. The largest absolute Gasteiger partial charge is 0.350 e. The van der Waals surface area contributed by atoms with Crippen LogP contribution in [0.1, 0.15) is 29.9 Å². The van der Waals surface area contributed by atoms with Gasteiger partial charge in [-0.2, -0.15) is 0 Å². The van der Waals surface area contributed by atoms with E-state index in [1.165, 1.54) is 0 Å². The van der Waals surface area contributed by atoms with Gasteiger partial charge in [0.15, 0.2) is 0 Å². The van der Waals surface area contributed by atoms with Crippen molar-refractivity contribution in [1.29, 1.82) is 0 Å². The number of anilines is 1. The van der Waals surface area contributed by atoms with Crippen molar-refractivity contribution >= 4 is 51.5 Å². The third-order valence-electron chi connectivity index (χ3n) is 4.21. The number of rotatable bonds is 5. The lowest BCUT2D eigenvalue weighted by atomic mass is 9.95. The van der Waals surface area contributed by atoms with E-state index in [1.54, 1.807) is 56.3 Å². The van der Waals surface area contributed by atoms with E-state index in [2.05, 4.69) is 10.3 Å². The van der Waals surface area contributed by atoms with Crippen molar-refractivity contribution in [3.8, 4) is 0 Å². The first-order valence-corrected chi connectivity index (χ1v) is 9.03. The minimum atomic E-state index is -0.773. The second-order valence-corrected chi connectivity index (χ2v) is 7.44. The summed E-state index contributed by atoms with van der Waals surface area (Å²) in [4.78, 5) is 28.7. The number of aromatic nitrogens is 1. The number of hydrogen-bond acceptors (Lipinski definition) is 2. The van der Waals surface area contributed by atoms with Crippen LogP contribution in [0.5, 0.6) is 0 Å². The minimum absolute atomic E-state index is 0.162. The Kier molecular flexibility index (Phi) is 5.08. The Labute approximate surface area is 161 Å². The Morgan fingerprint density at radius 3 is 2.46 bits per heavy atom. The Hall–Kier alpha value is -2.30. The van der Waals surface area contributed by atoms with Crippen LogP contribution >= 0.6 is 23.2 Å². The topological polar surface area (TPSA) is 62.0 Å². The molecule has 4 nitrogen and oxygen atoms in total. The van der Waals surface area contributed by atoms with Crippen LogP contribution in [0.25, 0.3) is 10.9 Å². The molecule has 0 fully saturated rings. The molecule has 0 aliphatic heterocycles. The summed E-state index contributed by atoms with van der Waals surface area (Å²) in [5.41, 5.74) is 1.18. The number of benzene rings is 2. The molecule has 0 radical (unpaired) electrons. The summed E-state index contributed by atoms with van der Waals surface area (Å²) in [5, 5.41) is 4.13. The lowest BCUT2D eigenvalue weighted by molar-refractivity contribution is -0.122. The SMILES string of the molecule is CC(C)(CCl)C(=O)Nc1c(C(=O)c2ccccc2)[nH]c2cc(Cl)ccc12. The highest BCUT2D eigenvalue weighted by atomic mass is 35.5. The quantitative estimate of drug-likeness (QED) is 0.462. The van der Waals surface area contributed by atoms with Crippen LogP contribution in [0.2, 0.25) is 5.02 Å². The Morgan fingerprint density at radius 2 is 1.81 bits per heavy atom. The maximum atomic E-state index is 13.0. The highest BCUT2D eigenvalue weighted by Crippen LogP contribution is 2.33. The van der Waals surface area contributed by atoms with Gasteiger partial charge in [0.25, 0.3) is 0 Å². The van der Waals surface area contributed by atoms with E-state index in [-0.39, 0.29) is 17.6 Å². The summed E-state index contributed by atoms with van der Waals surface area (Å²) in [6.07, 6.45) is 0. The van der Waals surface area contributed by atoms with E-state index < -0.39 is 5.41 Å². The summed E-state index contributed by atoms with van der Waals surface area (Å²) < 4.78 is 0. The normalized spacial score (nSPS) is 11.5. The van der Waals surface area contributed by atoms with Crippen LogP contribution < -0.4 is 5.32 Å². The average Bonchev–Trinajstić information content (AvgIpc) is 2.99. The predicted octanol–water partition coefficient (Wildman–Crippen LogP) is 5.26. The summed E-state index contributed by atoms with van der Waals surface area (Å²) in [7, 11) is 0. The van der Waals surface area contributed by atoms with Crippen LogP contribution in [0.15, 0.2) is 48.5 Å². The smallest absolute Gasteiger partial charge is 0.231 e. The van der Waals surface area contributed by atoms with Crippen molar-refractivity contribution in [3.63, 3.8) is 0 Å². The number of H-pyrrole nitrogens is 1. The van der Waals surface area contributed by atoms with Gasteiger partial charge in [0.05, 0.1) is 11.1 Å². The van der Waals surface area contributed by atoms with Gasteiger partial charge in [0, 0.05) is 27.4 Å². The predicted molar refractivity (Wildman–Crippen MR) is 106 cm³/mol. The zero-order chi connectivity index (χ0) is 18.9. The van der Waals surface area contributed by atoms with Crippen molar-refractivity contribution in [1.82, 2.24) is 4.98 Å². The molecule has 6 heteroatoms. The number of nitrogens with one attached hydrogen (secondary N) is 2. The summed E-state index contributed by atoms with van der Waals surface area (Å²) in [6, 6.07) is 14.1. The fourth-order valence-corrected chi connectivity index (χ4v) is 2.84.